The van der Waals surface area contributed by atoms with Crippen LogP contribution in [0.25, 0.3) is 0 Å². The molecule has 0 aliphatic heterocycles. The molecular formula is C12H15ClF2. The highest BCUT2D eigenvalue weighted by atomic mass is 35.5. The highest BCUT2D eigenvalue weighted by Gasteiger charge is 2.17. The van der Waals surface area contributed by atoms with Crippen LogP contribution in [0.3, 0.4) is 0 Å². The van der Waals surface area contributed by atoms with Crippen LogP contribution in [0, 0.1) is 17.6 Å². The van der Waals surface area contributed by atoms with E-state index in [-0.39, 0.29) is 16.9 Å². The van der Waals surface area contributed by atoms with Crippen LogP contribution in [0.15, 0.2) is 18.2 Å². The molecule has 1 aromatic rings. The summed E-state index contributed by atoms with van der Waals surface area (Å²) in [6.07, 6.45) is 1.15. The fourth-order valence-electron chi connectivity index (χ4n) is 1.58. The van der Waals surface area contributed by atoms with Gasteiger partial charge in [-0.15, -0.1) is 11.6 Å². The van der Waals surface area contributed by atoms with Gasteiger partial charge in [-0.3, -0.25) is 0 Å². The van der Waals surface area contributed by atoms with Gasteiger partial charge >= 0.3 is 0 Å². The van der Waals surface area contributed by atoms with E-state index in [1.807, 2.05) is 13.8 Å². The van der Waals surface area contributed by atoms with Gasteiger partial charge in [-0.05, 0) is 30.9 Å². The molecule has 0 aromatic heterocycles. The fourth-order valence-corrected chi connectivity index (χ4v) is 1.67. The van der Waals surface area contributed by atoms with E-state index in [2.05, 4.69) is 0 Å². The van der Waals surface area contributed by atoms with Crippen LogP contribution in [0.4, 0.5) is 8.78 Å². The molecule has 0 amide bonds. The van der Waals surface area contributed by atoms with Crippen LogP contribution in [0.1, 0.15) is 25.8 Å². The first kappa shape index (κ1) is 12.4. The Hall–Kier alpha value is -0.630. The average Bonchev–Trinajstić information content (AvgIpc) is 2.22. The summed E-state index contributed by atoms with van der Waals surface area (Å²) in [5, 5.41) is -0.0380. The zero-order valence-electron chi connectivity index (χ0n) is 8.93. The monoisotopic (exact) mass is 232 g/mol. The third-order valence-electron chi connectivity index (χ3n) is 2.60. The Labute approximate surface area is 94.3 Å². The molecule has 0 N–H and O–H groups in total. The van der Waals surface area contributed by atoms with Crippen molar-refractivity contribution in [3.63, 3.8) is 0 Å². The number of rotatable bonds is 4. The van der Waals surface area contributed by atoms with E-state index in [4.69, 9.17) is 11.6 Å². The Bertz CT molecular complexity index is 305. The molecule has 0 bridgehead atoms. The van der Waals surface area contributed by atoms with Crippen molar-refractivity contribution in [2.24, 2.45) is 5.92 Å². The van der Waals surface area contributed by atoms with E-state index in [1.54, 1.807) is 0 Å². The summed E-state index contributed by atoms with van der Waals surface area (Å²) in [6, 6.07) is 3.93. The highest BCUT2D eigenvalue weighted by molar-refractivity contribution is 6.20. The maximum atomic E-state index is 13.3. The van der Waals surface area contributed by atoms with Crippen molar-refractivity contribution in [3.8, 4) is 0 Å². The smallest absolute Gasteiger partial charge is 0.129 e. The minimum atomic E-state index is -0.484. The number of hydrogen-bond acceptors (Lipinski definition) is 0. The minimum absolute atomic E-state index is 0.0380. The first-order valence-electron chi connectivity index (χ1n) is 5.13. The summed E-state index contributed by atoms with van der Waals surface area (Å²) >= 11 is 6.03. The van der Waals surface area contributed by atoms with Gasteiger partial charge in [-0.1, -0.05) is 19.9 Å². The summed E-state index contributed by atoms with van der Waals surface area (Å²) in [5.41, 5.74) is 0.143. The lowest BCUT2D eigenvalue weighted by atomic mass is 9.96. The van der Waals surface area contributed by atoms with Crippen molar-refractivity contribution >= 4 is 11.6 Å². The molecule has 15 heavy (non-hydrogen) atoms. The molecule has 1 rings (SSSR count). The van der Waals surface area contributed by atoms with Gasteiger partial charge in [0.2, 0.25) is 0 Å². The largest absolute Gasteiger partial charge is 0.207 e. The molecule has 0 heterocycles. The third kappa shape index (κ3) is 3.16. The lowest BCUT2D eigenvalue weighted by molar-refractivity contribution is 0.485. The summed E-state index contributed by atoms with van der Waals surface area (Å²) in [7, 11) is 0. The maximum Gasteiger partial charge on any atom is 0.129 e. The van der Waals surface area contributed by atoms with Gasteiger partial charge in [0.05, 0.1) is 0 Å². The van der Waals surface area contributed by atoms with E-state index in [9.17, 15) is 8.78 Å². The van der Waals surface area contributed by atoms with Gasteiger partial charge in [0, 0.05) is 10.9 Å². The van der Waals surface area contributed by atoms with Gasteiger partial charge in [-0.25, -0.2) is 8.78 Å². The van der Waals surface area contributed by atoms with E-state index >= 15 is 0 Å². The third-order valence-corrected chi connectivity index (χ3v) is 3.33. The number of benzene rings is 1. The maximum absolute atomic E-state index is 13.3. The zero-order chi connectivity index (χ0) is 11.4. The zero-order valence-corrected chi connectivity index (χ0v) is 9.69. The fraction of sp³-hybridized carbons (Fsp3) is 0.500. The quantitative estimate of drug-likeness (QED) is 0.684. The van der Waals surface area contributed by atoms with Crippen molar-refractivity contribution < 1.29 is 8.78 Å². The molecular weight excluding hydrogens is 218 g/mol. The van der Waals surface area contributed by atoms with Crippen LogP contribution < -0.4 is 0 Å². The van der Waals surface area contributed by atoms with E-state index in [0.717, 1.165) is 6.42 Å². The molecule has 2 unspecified atom stereocenters. The molecule has 0 saturated heterocycles. The first-order chi connectivity index (χ1) is 7.06. The van der Waals surface area contributed by atoms with E-state index in [1.165, 1.54) is 18.2 Å². The Morgan fingerprint density at radius 1 is 1.27 bits per heavy atom. The second-order valence-electron chi connectivity index (χ2n) is 3.81. The second kappa shape index (κ2) is 5.45. The van der Waals surface area contributed by atoms with Crippen molar-refractivity contribution in [3.05, 3.63) is 35.4 Å². The summed E-state index contributed by atoms with van der Waals surface area (Å²) in [6.45, 7) is 3.87. The molecule has 0 nitrogen and oxygen atoms in total. The summed E-state index contributed by atoms with van der Waals surface area (Å²) in [5.74, 6) is -0.897. The van der Waals surface area contributed by atoms with Crippen LogP contribution >= 0.6 is 11.6 Å². The van der Waals surface area contributed by atoms with E-state index in [0.29, 0.717) is 6.42 Å². The van der Waals surface area contributed by atoms with Crippen LogP contribution in [-0.4, -0.2) is 5.38 Å². The predicted molar refractivity (Wildman–Crippen MR) is 59.2 cm³/mol. The molecule has 0 spiro atoms. The van der Waals surface area contributed by atoms with Gasteiger partial charge in [-0.2, -0.15) is 0 Å². The summed E-state index contributed by atoms with van der Waals surface area (Å²) < 4.78 is 26.6. The molecule has 3 heteroatoms. The van der Waals surface area contributed by atoms with Gasteiger partial charge in [0.1, 0.15) is 11.6 Å². The van der Waals surface area contributed by atoms with Gasteiger partial charge in [0.15, 0.2) is 0 Å². The van der Waals surface area contributed by atoms with Crippen molar-refractivity contribution in [2.75, 3.05) is 0 Å². The minimum Gasteiger partial charge on any atom is -0.207 e. The van der Waals surface area contributed by atoms with Gasteiger partial charge in [0.25, 0.3) is 0 Å². The number of halogens is 3. The van der Waals surface area contributed by atoms with Crippen molar-refractivity contribution in [1.29, 1.82) is 0 Å². The highest BCUT2D eigenvalue weighted by Crippen LogP contribution is 2.22. The average molecular weight is 233 g/mol. The van der Waals surface area contributed by atoms with Gasteiger partial charge < -0.3 is 0 Å². The van der Waals surface area contributed by atoms with Crippen LogP contribution in [0.2, 0.25) is 0 Å². The molecule has 0 fully saturated rings. The predicted octanol–water partition coefficient (Wildman–Crippen LogP) is 4.16. The molecule has 0 saturated carbocycles. The Morgan fingerprint density at radius 2 is 1.80 bits per heavy atom. The lowest BCUT2D eigenvalue weighted by Crippen LogP contribution is -2.14. The molecule has 0 radical (unpaired) electrons. The first-order valence-corrected chi connectivity index (χ1v) is 5.56. The standard InChI is InChI=1S/C12H15ClF2/c1-3-10(13)8(2)7-9-11(14)5-4-6-12(9)15/h4-6,8,10H,3,7H2,1-2H3. The van der Waals surface area contributed by atoms with E-state index < -0.39 is 11.6 Å². The molecule has 0 aliphatic carbocycles. The van der Waals surface area contributed by atoms with Crippen molar-refractivity contribution in [1.82, 2.24) is 0 Å². The Morgan fingerprint density at radius 3 is 2.27 bits per heavy atom. The Balaban J connectivity index is 2.80. The normalized spacial score (nSPS) is 15.0. The van der Waals surface area contributed by atoms with Crippen LogP contribution in [-0.2, 0) is 6.42 Å². The second-order valence-corrected chi connectivity index (χ2v) is 4.37. The SMILES string of the molecule is CCC(Cl)C(C)Cc1c(F)cccc1F. The lowest BCUT2D eigenvalue weighted by Gasteiger charge is -2.16. The summed E-state index contributed by atoms with van der Waals surface area (Å²) in [4.78, 5) is 0. The van der Waals surface area contributed by atoms with Crippen LogP contribution in [0.5, 0.6) is 0 Å². The molecule has 2 atom stereocenters. The Kier molecular flexibility index (Phi) is 4.52. The number of hydrogen-bond donors (Lipinski definition) is 0. The molecule has 1 aromatic carbocycles. The number of alkyl halides is 1. The topological polar surface area (TPSA) is 0 Å². The van der Waals surface area contributed by atoms with Crippen molar-refractivity contribution in [2.45, 2.75) is 32.1 Å². The molecule has 84 valence electrons. The molecule has 0 aliphatic rings.